The van der Waals surface area contributed by atoms with Gasteiger partial charge in [-0.25, -0.2) is 0 Å². The average molecular weight is 260 g/mol. The summed E-state index contributed by atoms with van der Waals surface area (Å²) in [5.74, 6) is 1.02. The van der Waals surface area contributed by atoms with E-state index in [4.69, 9.17) is 0 Å². The maximum Gasteiger partial charge on any atom is 0.00958 e. The first-order valence-electron chi connectivity index (χ1n) is 5.91. The molecule has 14 heavy (non-hydrogen) atoms. The van der Waals surface area contributed by atoms with Gasteiger partial charge in [0.1, 0.15) is 0 Å². The van der Waals surface area contributed by atoms with Crippen LogP contribution in [0, 0.1) is 11.3 Å². The lowest BCUT2D eigenvalue weighted by Gasteiger charge is -2.47. The molecule has 0 aromatic rings. The molecule has 0 unspecified atom stereocenters. The molecule has 0 aromatic heterocycles. The van der Waals surface area contributed by atoms with Crippen LogP contribution in [0.3, 0.4) is 0 Å². The zero-order valence-electron chi connectivity index (χ0n) is 9.43. The zero-order valence-corrected chi connectivity index (χ0v) is 11.0. The van der Waals surface area contributed by atoms with Gasteiger partial charge in [-0.05, 0) is 37.0 Å². The quantitative estimate of drug-likeness (QED) is 0.704. The summed E-state index contributed by atoms with van der Waals surface area (Å²) in [6.07, 6.45) is 5.91. The van der Waals surface area contributed by atoms with E-state index < -0.39 is 0 Å². The van der Waals surface area contributed by atoms with Gasteiger partial charge in [0.05, 0.1) is 0 Å². The number of piperidine rings is 2. The van der Waals surface area contributed by atoms with Gasteiger partial charge in [-0.3, -0.25) is 4.90 Å². The van der Waals surface area contributed by atoms with Gasteiger partial charge in [-0.2, -0.15) is 0 Å². The summed E-state index contributed by atoms with van der Waals surface area (Å²) in [4.78, 5) is 2.75. The van der Waals surface area contributed by atoms with Crippen molar-refractivity contribution in [3.05, 3.63) is 0 Å². The summed E-state index contributed by atoms with van der Waals surface area (Å²) in [5, 5.41) is 1.12. The molecule has 2 bridgehead atoms. The Hall–Kier alpha value is 0.440. The Morgan fingerprint density at radius 3 is 2.29 bits per heavy atom. The molecule has 1 nitrogen and oxygen atoms in total. The molecule has 0 radical (unpaired) electrons. The second-order valence-electron chi connectivity index (χ2n) is 5.90. The lowest BCUT2D eigenvalue weighted by atomic mass is 9.79. The molecular weight excluding hydrogens is 238 g/mol. The molecule has 2 heteroatoms. The zero-order chi connectivity index (χ0) is 10.2. The predicted molar refractivity (Wildman–Crippen MR) is 64.9 cm³/mol. The lowest BCUT2D eigenvalue weighted by molar-refractivity contribution is 0.0257. The molecule has 2 saturated heterocycles. The van der Waals surface area contributed by atoms with Crippen molar-refractivity contribution >= 4 is 15.9 Å². The maximum atomic E-state index is 3.62. The molecule has 0 aromatic carbocycles. The monoisotopic (exact) mass is 259 g/mol. The maximum absolute atomic E-state index is 3.62. The third-order valence-electron chi connectivity index (χ3n) is 3.82. The standard InChI is InChI=1S/C12H22BrN/c1-12(2,8-13)9-14-7-10-3-5-11(14)6-4-10/h10-11H,3-9H2,1-2H3. The van der Waals surface area contributed by atoms with Gasteiger partial charge in [-0.1, -0.05) is 29.8 Å². The number of halogens is 1. The van der Waals surface area contributed by atoms with Crippen LogP contribution in [-0.4, -0.2) is 29.4 Å². The molecule has 0 atom stereocenters. The van der Waals surface area contributed by atoms with Crippen LogP contribution in [0.15, 0.2) is 0 Å². The van der Waals surface area contributed by atoms with Crippen LogP contribution >= 0.6 is 15.9 Å². The number of fused-ring (bicyclic) bond motifs is 3. The van der Waals surface area contributed by atoms with Crippen LogP contribution < -0.4 is 0 Å². The largest absolute Gasteiger partial charge is 0.300 e. The van der Waals surface area contributed by atoms with Crippen molar-refractivity contribution in [1.29, 1.82) is 0 Å². The Morgan fingerprint density at radius 2 is 1.86 bits per heavy atom. The van der Waals surface area contributed by atoms with Crippen molar-refractivity contribution < 1.29 is 0 Å². The molecule has 2 heterocycles. The topological polar surface area (TPSA) is 3.24 Å². The van der Waals surface area contributed by atoms with Gasteiger partial charge >= 0.3 is 0 Å². The van der Waals surface area contributed by atoms with Crippen LogP contribution in [0.25, 0.3) is 0 Å². The van der Waals surface area contributed by atoms with Crippen LogP contribution in [0.2, 0.25) is 0 Å². The molecule has 0 amide bonds. The third kappa shape index (κ3) is 2.33. The Balaban J connectivity index is 1.92. The van der Waals surface area contributed by atoms with Crippen LogP contribution in [0.1, 0.15) is 39.5 Å². The molecule has 0 N–H and O–H groups in total. The minimum absolute atomic E-state index is 0.442. The van der Waals surface area contributed by atoms with Crippen molar-refractivity contribution in [2.24, 2.45) is 11.3 Å². The third-order valence-corrected chi connectivity index (χ3v) is 5.34. The predicted octanol–water partition coefficient (Wildman–Crippen LogP) is 3.28. The van der Waals surface area contributed by atoms with Gasteiger partial charge in [-0.15, -0.1) is 0 Å². The van der Waals surface area contributed by atoms with Crippen molar-refractivity contribution in [1.82, 2.24) is 4.90 Å². The molecular formula is C12H22BrN. The van der Waals surface area contributed by atoms with Crippen LogP contribution in [0.5, 0.6) is 0 Å². The average Bonchev–Trinajstić information content (AvgIpc) is 2.19. The first-order chi connectivity index (χ1) is 6.61. The van der Waals surface area contributed by atoms with Crippen molar-refractivity contribution in [3.8, 4) is 0 Å². The lowest BCUT2D eigenvalue weighted by Crippen LogP contribution is -2.51. The van der Waals surface area contributed by atoms with E-state index in [0.717, 1.165) is 17.3 Å². The van der Waals surface area contributed by atoms with Gasteiger partial charge in [0.25, 0.3) is 0 Å². The van der Waals surface area contributed by atoms with E-state index in [1.54, 1.807) is 0 Å². The number of hydrogen-bond donors (Lipinski definition) is 0. The summed E-state index contributed by atoms with van der Waals surface area (Å²) in [5.41, 5.74) is 0.442. The second kappa shape index (κ2) is 4.13. The van der Waals surface area contributed by atoms with E-state index in [1.165, 1.54) is 38.8 Å². The Labute approximate surface area is 96.4 Å². The number of alkyl halides is 1. The van der Waals surface area contributed by atoms with Gasteiger partial charge < -0.3 is 0 Å². The minimum atomic E-state index is 0.442. The van der Waals surface area contributed by atoms with E-state index in [2.05, 4.69) is 34.7 Å². The van der Waals surface area contributed by atoms with Crippen molar-refractivity contribution in [3.63, 3.8) is 0 Å². The van der Waals surface area contributed by atoms with E-state index in [9.17, 15) is 0 Å². The first kappa shape index (κ1) is 10.9. The molecule has 2 aliphatic heterocycles. The second-order valence-corrected chi connectivity index (χ2v) is 6.46. The SMILES string of the molecule is CC(C)(CBr)CN1CC2CCC1CC2. The van der Waals surface area contributed by atoms with E-state index >= 15 is 0 Å². The van der Waals surface area contributed by atoms with Gasteiger partial charge in [0.2, 0.25) is 0 Å². The molecule has 3 fully saturated rings. The minimum Gasteiger partial charge on any atom is -0.300 e. The van der Waals surface area contributed by atoms with Crippen molar-refractivity contribution in [2.45, 2.75) is 45.6 Å². The highest BCUT2D eigenvalue weighted by molar-refractivity contribution is 9.09. The fraction of sp³-hybridized carbons (Fsp3) is 1.00. The Bertz CT molecular complexity index is 194. The highest BCUT2D eigenvalue weighted by Crippen LogP contribution is 2.36. The number of nitrogens with zero attached hydrogens (tertiary/aromatic N) is 1. The smallest absolute Gasteiger partial charge is 0.00958 e. The van der Waals surface area contributed by atoms with E-state index in [1.807, 2.05) is 0 Å². The van der Waals surface area contributed by atoms with Gasteiger partial charge in [0.15, 0.2) is 0 Å². The summed E-state index contributed by atoms with van der Waals surface area (Å²) in [7, 11) is 0. The molecule has 3 aliphatic rings. The molecule has 82 valence electrons. The fourth-order valence-corrected chi connectivity index (χ4v) is 3.14. The molecule has 1 saturated carbocycles. The first-order valence-corrected chi connectivity index (χ1v) is 7.03. The summed E-state index contributed by atoms with van der Waals surface area (Å²) in [6.45, 7) is 7.38. The van der Waals surface area contributed by atoms with Crippen LogP contribution in [0.4, 0.5) is 0 Å². The number of hydrogen-bond acceptors (Lipinski definition) is 1. The van der Waals surface area contributed by atoms with Crippen LogP contribution in [-0.2, 0) is 0 Å². The summed E-state index contributed by atoms with van der Waals surface area (Å²) < 4.78 is 0. The normalized spacial score (nSPS) is 33.6. The molecule has 3 rings (SSSR count). The number of rotatable bonds is 3. The summed E-state index contributed by atoms with van der Waals surface area (Å²) >= 11 is 3.62. The Kier molecular flexibility index (Phi) is 3.23. The molecule has 0 spiro atoms. The fourth-order valence-electron chi connectivity index (χ4n) is 2.96. The van der Waals surface area contributed by atoms with E-state index in [0.29, 0.717) is 5.41 Å². The Morgan fingerprint density at radius 1 is 1.21 bits per heavy atom. The highest BCUT2D eigenvalue weighted by Gasteiger charge is 2.35. The van der Waals surface area contributed by atoms with E-state index in [-0.39, 0.29) is 0 Å². The molecule has 1 aliphatic carbocycles. The summed E-state index contributed by atoms with van der Waals surface area (Å²) in [6, 6.07) is 0.915. The van der Waals surface area contributed by atoms with Crippen molar-refractivity contribution in [2.75, 3.05) is 18.4 Å². The highest BCUT2D eigenvalue weighted by atomic mass is 79.9. The van der Waals surface area contributed by atoms with Gasteiger partial charge in [0, 0.05) is 24.5 Å².